The molecule has 3 aromatic carbocycles. The lowest BCUT2D eigenvalue weighted by Gasteiger charge is -2.15. The van der Waals surface area contributed by atoms with E-state index in [4.69, 9.17) is 26.4 Å². The van der Waals surface area contributed by atoms with Gasteiger partial charge >= 0.3 is 5.97 Å². The lowest BCUT2D eigenvalue weighted by molar-refractivity contribution is -0.113. The van der Waals surface area contributed by atoms with Gasteiger partial charge in [0, 0.05) is 0 Å². The zero-order chi connectivity index (χ0) is 26.4. The second-order valence-corrected chi connectivity index (χ2v) is 9.70. The molecule has 1 heterocycles. The van der Waals surface area contributed by atoms with E-state index in [1.807, 2.05) is 44.2 Å². The second-order valence-electron chi connectivity index (χ2n) is 8.03. The Morgan fingerprint density at radius 2 is 1.78 bits per heavy atom. The predicted molar refractivity (Wildman–Crippen MR) is 149 cm³/mol. The molecule has 0 unspecified atom stereocenters. The van der Waals surface area contributed by atoms with Crippen LogP contribution in [0, 0.1) is 6.92 Å². The number of benzene rings is 3. The zero-order valence-electron chi connectivity index (χ0n) is 20.3. The summed E-state index contributed by atoms with van der Waals surface area (Å²) in [6.45, 7) is 5.05. The minimum Gasteiger partial charge on any atom is -0.490 e. The molecular weight excluding hydrogens is 510 g/mol. The first-order valence-corrected chi connectivity index (χ1v) is 12.8. The van der Waals surface area contributed by atoms with E-state index < -0.39 is 5.97 Å². The molecule has 0 atom stereocenters. The van der Waals surface area contributed by atoms with Gasteiger partial charge in [0.25, 0.3) is 5.91 Å². The van der Waals surface area contributed by atoms with Crippen molar-refractivity contribution in [1.82, 2.24) is 0 Å². The summed E-state index contributed by atoms with van der Waals surface area (Å²) >= 11 is 6.57. The minimum atomic E-state index is -1.07. The molecule has 0 aromatic heterocycles. The van der Waals surface area contributed by atoms with Crippen LogP contribution in [-0.2, 0) is 4.79 Å². The van der Waals surface area contributed by atoms with Crippen molar-refractivity contribution in [2.45, 2.75) is 13.8 Å². The molecule has 4 rings (SSSR count). The molecule has 7 nitrogen and oxygen atoms in total. The van der Waals surface area contributed by atoms with Crippen LogP contribution in [0.2, 0.25) is 0 Å². The summed E-state index contributed by atoms with van der Waals surface area (Å²) in [6, 6.07) is 19.4. The zero-order valence-corrected chi connectivity index (χ0v) is 21.9. The topological polar surface area (TPSA) is 85.3 Å². The number of rotatable bonds is 10. The fraction of sp³-hybridized carbons (Fsp3) is 0.179. The van der Waals surface area contributed by atoms with Gasteiger partial charge in [0.15, 0.2) is 15.8 Å². The number of hydrogen-bond acceptors (Lipinski definition) is 7. The van der Waals surface area contributed by atoms with Crippen LogP contribution >= 0.6 is 24.0 Å². The highest BCUT2D eigenvalue weighted by molar-refractivity contribution is 8.27. The van der Waals surface area contributed by atoms with Gasteiger partial charge in [-0.3, -0.25) is 9.69 Å². The number of anilines is 1. The normalized spacial score (nSPS) is 14.2. The lowest BCUT2D eigenvalue weighted by atomic mass is 10.1. The van der Waals surface area contributed by atoms with Crippen LogP contribution in [0.5, 0.6) is 17.2 Å². The Labute approximate surface area is 224 Å². The van der Waals surface area contributed by atoms with E-state index in [1.165, 1.54) is 17.0 Å². The third-order valence-electron chi connectivity index (χ3n) is 5.31. The molecule has 190 valence electrons. The average Bonchev–Trinajstić information content (AvgIpc) is 3.15. The van der Waals surface area contributed by atoms with E-state index >= 15 is 0 Å². The molecule has 3 aromatic rings. The van der Waals surface area contributed by atoms with Gasteiger partial charge in [-0.05, 0) is 73.5 Å². The van der Waals surface area contributed by atoms with E-state index in [0.29, 0.717) is 46.2 Å². The highest BCUT2D eigenvalue weighted by Gasteiger charge is 2.33. The molecular formula is C28H25NO6S2. The molecule has 37 heavy (non-hydrogen) atoms. The lowest BCUT2D eigenvalue weighted by Crippen LogP contribution is -2.27. The molecule has 1 aliphatic heterocycles. The molecule has 1 fully saturated rings. The molecule has 1 N–H and O–H groups in total. The quantitative estimate of drug-likeness (QED) is 0.194. The molecule has 9 heteroatoms. The summed E-state index contributed by atoms with van der Waals surface area (Å²) in [7, 11) is 0. The van der Waals surface area contributed by atoms with E-state index in [2.05, 4.69) is 0 Å². The predicted octanol–water partition coefficient (Wildman–Crippen LogP) is 5.96. The average molecular weight is 536 g/mol. The third-order valence-corrected chi connectivity index (χ3v) is 6.61. The highest BCUT2D eigenvalue weighted by Crippen LogP contribution is 2.37. The van der Waals surface area contributed by atoms with E-state index in [1.54, 1.807) is 30.3 Å². The first-order chi connectivity index (χ1) is 17.9. The van der Waals surface area contributed by atoms with Crippen molar-refractivity contribution in [2.24, 2.45) is 0 Å². The number of hydrogen-bond donors (Lipinski definition) is 1. The largest absolute Gasteiger partial charge is 0.490 e. The van der Waals surface area contributed by atoms with Crippen molar-refractivity contribution >= 4 is 51.9 Å². The van der Waals surface area contributed by atoms with Gasteiger partial charge in [-0.15, -0.1) is 0 Å². The fourth-order valence-electron chi connectivity index (χ4n) is 3.64. The van der Waals surface area contributed by atoms with Gasteiger partial charge < -0.3 is 19.3 Å². The number of carboxylic acid groups (broad SMARTS) is 1. The number of thiocarbonyl (C=S) groups is 1. The number of aryl methyl sites for hydroxylation is 1. The maximum atomic E-state index is 13.1. The second kappa shape index (κ2) is 11.9. The SMILES string of the molecule is CCOc1cc(/C=C2\SC(=S)N(c3cccc(C(=O)O)c3)C2=O)ccc1OCCOc1cccc(C)c1. The molecule has 1 saturated heterocycles. The van der Waals surface area contributed by atoms with Crippen molar-refractivity contribution in [3.63, 3.8) is 0 Å². The number of carbonyl (C=O) groups is 2. The highest BCUT2D eigenvalue weighted by atomic mass is 32.2. The number of carbonyl (C=O) groups excluding carboxylic acids is 1. The van der Waals surface area contributed by atoms with E-state index in [-0.39, 0.29) is 11.5 Å². The van der Waals surface area contributed by atoms with Gasteiger partial charge in [-0.1, -0.05) is 48.2 Å². The van der Waals surface area contributed by atoms with Gasteiger partial charge in [0.1, 0.15) is 19.0 Å². The van der Waals surface area contributed by atoms with Crippen molar-refractivity contribution in [3.05, 3.63) is 88.3 Å². The van der Waals surface area contributed by atoms with Gasteiger partial charge in [0.05, 0.1) is 22.8 Å². The van der Waals surface area contributed by atoms with Crippen LogP contribution in [-0.4, -0.2) is 41.1 Å². The Balaban J connectivity index is 1.46. The van der Waals surface area contributed by atoms with Crippen molar-refractivity contribution < 1.29 is 28.9 Å². The monoisotopic (exact) mass is 535 g/mol. The Kier molecular flexibility index (Phi) is 8.47. The van der Waals surface area contributed by atoms with E-state index in [0.717, 1.165) is 28.6 Å². The van der Waals surface area contributed by atoms with Crippen LogP contribution in [0.4, 0.5) is 5.69 Å². The van der Waals surface area contributed by atoms with Gasteiger partial charge in [-0.25, -0.2) is 4.79 Å². The first-order valence-electron chi connectivity index (χ1n) is 11.6. The Bertz CT molecular complexity index is 1370. The molecule has 1 aliphatic rings. The number of carboxylic acids is 1. The number of aromatic carboxylic acids is 1. The molecule has 0 aliphatic carbocycles. The minimum absolute atomic E-state index is 0.0803. The van der Waals surface area contributed by atoms with Crippen molar-refractivity contribution in [1.29, 1.82) is 0 Å². The summed E-state index contributed by atoms with van der Waals surface area (Å²) in [5.41, 5.74) is 2.36. The standard InChI is InChI=1S/C28H25NO6S2/c1-3-33-24-15-19(10-11-23(24)35-13-12-34-22-9-4-6-18(2)14-22)16-25-26(30)29(28(36)37-25)21-8-5-7-20(17-21)27(31)32/h4-11,14-17H,3,12-13H2,1-2H3,(H,31,32)/b25-16-. The maximum absolute atomic E-state index is 13.1. The number of ether oxygens (including phenoxy) is 3. The summed E-state index contributed by atoms with van der Waals surface area (Å²) in [5, 5.41) is 9.27. The van der Waals surface area contributed by atoms with Crippen LogP contribution in [0.1, 0.15) is 28.4 Å². The Morgan fingerprint density at radius 1 is 1.00 bits per heavy atom. The number of thioether (sulfide) groups is 1. The summed E-state index contributed by atoms with van der Waals surface area (Å²) in [4.78, 5) is 26.2. The molecule has 0 saturated carbocycles. The smallest absolute Gasteiger partial charge is 0.335 e. The van der Waals surface area contributed by atoms with Crippen molar-refractivity contribution in [3.8, 4) is 17.2 Å². The first kappa shape index (κ1) is 26.2. The summed E-state index contributed by atoms with van der Waals surface area (Å²) in [5.74, 6) is 0.525. The van der Waals surface area contributed by atoms with Gasteiger partial charge in [-0.2, -0.15) is 0 Å². The number of amides is 1. The molecule has 1 amide bonds. The maximum Gasteiger partial charge on any atom is 0.335 e. The van der Waals surface area contributed by atoms with Crippen LogP contribution in [0.25, 0.3) is 6.08 Å². The van der Waals surface area contributed by atoms with Crippen LogP contribution < -0.4 is 19.1 Å². The fourth-order valence-corrected chi connectivity index (χ4v) is 4.94. The van der Waals surface area contributed by atoms with Crippen LogP contribution in [0.15, 0.2) is 71.6 Å². The Hall–Kier alpha value is -3.82. The van der Waals surface area contributed by atoms with Crippen LogP contribution in [0.3, 0.4) is 0 Å². The van der Waals surface area contributed by atoms with E-state index in [9.17, 15) is 14.7 Å². The summed E-state index contributed by atoms with van der Waals surface area (Å²) < 4.78 is 17.7. The number of nitrogens with zero attached hydrogens (tertiary/aromatic N) is 1. The Morgan fingerprint density at radius 3 is 2.54 bits per heavy atom. The molecule has 0 bridgehead atoms. The molecule has 0 radical (unpaired) electrons. The van der Waals surface area contributed by atoms with Gasteiger partial charge in [0.2, 0.25) is 0 Å². The molecule has 0 spiro atoms. The summed E-state index contributed by atoms with van der Waals surface area (Å²) in [6.07, 6.45) is 1.73. The van der Waals surface area contributed by atoms with Crippen molar-refractivity contribution in [2.75, 3.05) is 24.7 Å². The third kappa shape index (κ3) is 6.49.